The quantitative estimate of drug-likeness (QED) is 0.928. The van der Waals surface area contributed by atoms with Crippen LogP contribution in [0.5, 0.6) is 0 Å². The highest BCUT2D eigenvalue weighted by Crippen LogP contribution is 2.18. The average Bonchev–Trinajstić information content (AvgIpc) is 2.57. The molecule has 2 aromatic rings. The molecule has 6 heteroatoms. The van der Waals surface area contributed by atoms with Crippen LogP contribution in [0, 0.1) is 6.92 Å². The summed E-state index contributed by atoms with van der Waals surface area (Å²) >= 11 is 6.20. The van der Waals surface area contributed by atoms with Gasteiger partial charge in [0, 0.05) is 55.7 Å². The SMILES string of the molecule is Cc1cc(=O)c(C(=O)N2CCN(Cc3ccccc3Cl)CC2)c[nH]1. The van der Waals surface area contributed by atoms with Gasteiger partial charge in [-0.1, -0.05) is 29.8 Å². The molecule has 1 amide bonds. The molecule has 1 aromatic carbocycles. The van der Waals surface area contributed by atoms with E-state index >= 15 is 0 Å². The number of H-pyrrole nitrogens is 1. The first-order valence-electron chi connectivity index (χ1n) is 7.99. The van der Waals surface area contributed by atoms with Crippen LogP contribution in [0.4, 0.5) is 0 Å². The fourth-order valence-corrected chi connectivity index (χ4v) is 3.08. The maximum atomic E-state index is 12.5. The normalized spacial score (nSPS) is 15.5. The second kappa shape index (κ2) is 7.20. The first kappa shape index (κ1) is 16.7. The van der Waals surface area contributed by atoms with Crippen molar-refractivity contribution >= 4 is 17.5 Å². The van der Waals surface area contributed by atoms with E-state index in [-0.39, 0.29) is 16.9 Å². The molecule has 2 heterocycles. The Bertz CT molecular complexity index is 795. The summed E-state index contributed by atoms with van der Waals surface area (Å²) in [5, 5.41) is 0.766. The number of pyridine rings is 1. The lowest BCUT2D eigenvalue weighted by molar-refractivity contribution is 0.0627. The lowest BCUT2D eigenvalue weighted by Crippen LogP contribution is -2.49. The minimum atomic E-state index is -0.227. The van der Waals surface area contributed by atoms with Gasteiger partial charge in [0.05, 0.1) is 0 Å². The number of nitrogens with one attached hydrogen (secondary N) is 1. The highest BCUT2D eigenvalue weighted by atomic mass is 35.5. The molecule has 1 N–H and O–H groups in total. The third kappa shape index (κ3) is 3.68. The average molecular weight is 346 g/mol. The summed E-state index contributed by atoms with van der Waals surface area (Å²) in [4.78, 5) is 31.4. The van der Waals surface area contributed by atoms with Crippen molar-refractivity contribution < 1.29 is 4.79 Å². The highest BCUT2D eigenvalue weighted by molar-refractivity contribution is 6.31. The van der Waals surface area contributed by atoms with Crippen molar-refractivity contribution in [2.45, 2.75) is 13.5 Å². The van der Waals surface area contributed by atoms with E-state index in [1.54, 1.807) is 11.8 Å². The first-order chi connectivity index (χ1) is 11.5. The van der Waals surface area contributed by atoms with Crippen molar-refractivity contribution in [1.82, 2.24) is 14.8 Å². The van der Waals surface area contributed by atoms with Crippen molar-refractivity contribution in [3.05, 3.63) is 68.6 Å². The van der Waals surface area contributed by atoms with Gasteiger partial charge >= 0.3 is 0 Å². The number of hydrogen-bond acceptors (Lipinski definition) is 3. The van der Waals surface area contributed by atoms with E-state index in [0.29, 0.717) is 13.1 Å². The van der Waals surface area contributed by atoms with Crippen molar-refractivity contribution in [3.63, 3.8) is 0 Å². The Morgan fingerprint density at radius 1 is 1.21 bits per heavy atom. The second-order valence-electron chi connectivity index (χ2n) is 6.05. The van der Waals surface area contributed by atoms with Gasteiger partial charge in [0.25, 0.3) is 5.91 Å². The molecule has 0 atom stereocenters. The van der Waals surface area contributed by atoms with Crippen molar-refractivity contribution in [1.29, 1.82) is 0 Å². The van der Waals surface area contributed by atoms with Crippen LogP contribution in [0.15, 0.2) is 41.3 Å². The summed E-state index contributed by atoms with van der Waals surface area (Å²) in [5.74, 6) is -0.200. The summed E-state index contributed by atoms with van der Waals surface area (Å²) < 4.78 is 0. The molecule has 1 aliphatic rings. The van der Waals surface area contributed by atoms with Crippen LogP contribution < -0.4 is 5.43 Å². The van der Waals surface area contributed by atoms with Gasteiger partial charge in [-0.15, -0.1) is 0 Å². The lowest BCUT2D eigenvalue weighted by Gasteiger charge is -2.34. The third-order valence-electron chi connectivity index (χ3n) is 4.30. The number of amides is 1. The Hall–Kier alpha value is -2.11. The monoisotopic (exact) mass is 345 g/mol. The summed E-state index contributed by atoms with van der Waals surface area (Å²) in [6.45, 7) is 5.31. The molecule has 0 saturated carbocycles. The fraction of sp³-hybridized carbons (Fsp3) is 0.333. The van der Waals surface area contributed by atoms with Crippen LogP contribution in [0.3, 0.4) is 0 Å². The predicted molar refractivity (Wildman–Crippen MR) is 94.4 cm³/mol. The number of benzene rings is 1. The van der Waals surface area contributed by atoms with E-state index in [0.717, 1.165) is 35.9 Å². The number of carbonyl (C=O) groups is 1. The van der Waals surface area contributed by atoms with Gasteiger partial charge in [-0.2, -0.15) is 0 Å². The highest BCUT2D eigenvalue weighted by Gasteiger charge is 2.24. The largest absolute Gasteiger partial charge is 0.364 e. The first-order valence-corrected chi connectivity index (χ1v) is 8.37. The van der Waals surface area contributed by atoms with Crippen molar-refractivity contribution in [2.24, 2.45) is 0 Å². The van der Waals surface area contributed by atoms with Gasteiger partial charge in [0.2, 0.25) is 0 Å². The maximum absolute atomic E-state index is 12.5. The fourth-order valence-electron chi connectivity index (χ4n) is 2.89. The number of piperazine rings is 1. The van der Waals surface area contributed by atoms with Gasteiger partial charge in [-0.05, 0) is 18.6 Å². The van der Waals surface area contributed by atoms with E-state index in [1.807, 2.05) is 24.3 Å². The smallest absolute Gasteiger partial charge is 0.259 e. The van der Waals surface area contributed by atoms with E-state index < -0.39 is 0 Å². The number of aromatic amines is 1. The Balaban J connectivity index is 1.61. The molecule has 126 valence electrons. The molecule has 3 rings (SSSR count). The molecular formula is C18H20ClN3O2. The summed E-state index contributed by atoms with van der Waals surface area (Å²) in [7, 11) is 0. The summed E-state index contributed by atoms with van der Waals surface area (Å²) in [6, 6.07) is 9.26. The van der Waals surface area contributed by atoms with Crippen LogP contribution in [-0.2, 0) is 6.54 Å². The zero-order valence-corrected chi connectivity index (χ0v) is 14.3. The van der Waals surface area contributed by atoms with Crippen LogP contribution in [0.1, 0.15) is 21.6 Å². The van der Waals surface area contributed by atoms with Crippen molar-refractivity contribution in [2.75, 3.05) is 26.2 Å². The molecule has 0 aliphatic carbocycles. The Morgan fingerprint density at radius 2 is 1.92 bits per heavy atom. The Labute approximate surface area is 145 Å². The zero-order chi connectivity index (χ0) is 17.1. The number of rotatable bonds is 3. The molecule has 5 nitrogen and oxygen atoms in total. The zero-order valence-electron chi connectivity index (χ0n) is 13.6. The van der Waals surface area contributed by atoms with Crippen LogP contribution in [0.2, 0.25) is 5.02 Å². The summed E-state index contributed by atoms with van der Waals surface area (Å²) in [6.07, 6.45) is 1.51. The lowest BCUT2D eigenvalue weighted by atomic mass is 10.1. The standard InChI is InChI=1S/C18H20ClN3O2/c1-13-10-17(23)15(11-20-13)18(24)22-8-6-21(7-9-22)12-14-4-2-3-5-16(14)19/h2-5,10-11H,6-9,12H2,1H3,(H,20,23). The van der Waals surface area contributed by atoms with Gasteiger partial charge < -0.3 is 9.88 Å². The van der Waals surface area contributed by atoms with Crippen LogP contribution >= 0.6 is 11.6 Å². The number of hydrogen-bond donors (Lipinski definition) is 1. The Morgan fingerprint density at radius 3 is 2.58 bits per heavy atom. The van der Waals surface area contributed by atoms with Crippen LogP contribution in [0.25, 0.3) is 0 Å². The summed E-state index contributed by atoms with van der Waals surface area (Å²) in [5.41, 5.74) is 1.82. The predicted octanol–water partition coefficient (Wildman–Crippen LogP) is 2.29. The minimum Gasteiger partial charge on any atom is -0.364 e. The number of halogens is 1. The van der Waals surface area contributed by atoms with E-state index in [9.17, 15) is 9.59 Å². The second-order valence-corrected chi connectivity index (χ2v) is 6.46. The van der Waals surface area contributed by atoms with Gasteiger partial charge in [0.15, 0.2) is 5.43 Å². The number of aryl methyl sites for hydroxylation is 1. The van der Waals surface area contributed by atoms with E-state index in [2.05, 4.69) is 9.88 Å². The van der Waals surface area contributed by atoms with Gasteiger partial charge in [-0.3, -0.25) is 14.5 Å². The number of aromatic nitrogens is 1. The minimum absolute atomic E-state index is 0.200. The molecule has 0 spiro atoms. The molecule has 1 fully saturated rings. The molecule has 24 heavy (non-hydrogen) atoms. The third-order valence-corrected chi connectivity index (χ3v) is 4.67. The Kier molecular flexibility index (Phi) is 5.02. The molecular weight excluding hydrogens is 326 g/mol. The van der Waals surface area contributed by atoms with E-state index in [4.69, 9.17) is 11.6 Å². The number of nitrogens with zero attached hydrogens (tertiary/aromatic N) is 2. The maximum Gasteiger partial charge on any atom is 0.259 e. The molecule has 0 radical (unpaired) electrons. The molecule has 0 unspecified atom stereocenters. The van der Waals surface area contributed by atoms with E-state index in [1.165, 1.54) is 12.3 Å². The molecule has 0 bridgehead atoms. The molecule has 1 aromatic heterocycles. The van der Waals surface area contributed by atoms with Crippen LogP contribution in [-0.4, -0.2) is 46.9 Å². The van der Waals surface area contributed by atoms with Crippen molar-refractivity contribution in [3.8, 4) is 0 Å². The molecule has 1 aliphatic heterocycles. The topological polar surface area (TPSA) is 56.4 Å². The van der Waals surface area contributed by atoms with Gasteiger partial charge in [-0.25, -0.2) is 0 Å². The molecule has 1 saturated heterocycles. The van der Waals surface area contributed by atoms with Gasteiger partial charge in [0.1, 0.15) is 5.56 Å². The number of carbonyl (C=O) groups excluding carboxylic acids is 1.